The molecule has 2 aliphatic heterocycles. The zero-order chi connectivity index (χ0) is 20.1. The summed E-state index contributed by atoms with van der Waals surface area (Å²) in [4.78, 5) is 41.2. The van der Waals surface area contributed by atoms with Crippen molar-refractivity contribution in [1.29, 1.82) is 0 Å². The second-order valence-corrected chi connectivity index (χ2v) is 8.86. The first-order chi connectivity index (χ1) is 13.2. The molecule has 1 saturated carbocycles. The van der Waals surface area contributed by atoms with Crippen LogP contribution in [0.25, 0.3) is 0 Å². The highest BCUT2D eigenvalue weighted by Gasteiger charge is 2.73. The zero-order valence-corrected chi connectivity index (χ0v) is 16.6. The Kier molecular flexibility index (Phi) is 4.55. The smallest absolute Gasteiger partial charge is 0.229 e. The van der Waals surface area contributed by atoms with Crippen LogP contribution in [0.5, 0.6) is 0 Å². The molecule has 2 fully saturated rings. The van der Waals surface area contributed by atoms with Gasteiger partial charge in [-0.05, 0) is 26.0 Å². The lowest BCUT2D eigenvalue weighted by Gasteiger charge is -2.35. The number of hydrogen-bond acceptors (Lipinski definition) is 5. The first kappa shape index (κ1) is 19.1. The summed E-state index contributed by atoms with van der Waals surface area (Å²) in [7, 11) is 0. The van der Waals surface area contributed by atoms with Crippen molar-refractivity contribution in [2.75, 3.05) is 38.2 Å². The number of nitrogens with zero attached hydrogens (tertiary/aromatic N) is 1. The van der Waals surface area contributed by atoms with Crippen LogP contribution < -0.4 is 10.6 Å². The quantitative estimate of drug-likeness (QED) is 0.816. The summed E-state index contributed by atoms with van der Waals surface area (Å²) < 4.78 is 5.37. The summed E-state index contributed by atoms with van der Waals surface area (Å²) in [5.74, 6) is -1.90. The number of amides is 2. The van der Waals surface area contributed by atoms with Gasteiger partial charge in [-0.15, -0.1) is 0 Å². The van der Waals surface area contributed by atoms with Gasteiger partial charge in [-0.25, -0.2) is 0 Å². The number of nitrogens with one attached hydrogen (secondary N) is 2. The van der Waals surface area contributed by atoms with E-state index < -0.39 is 22.8 Å². The maximum Gasteiger partial charge on any atom is 0.229 e. The van der Waals surface area contributed by atoms with Crippen molar-refractivity contribution in [3.8, 4) is 0 Å². The summed E-state index contributed by atoms with van der Waals surface area (Å²) in [6.45, 7) is 9.43. The number of para-hydroxylation sites is 1. The van der Waals surface area contributed by atoms with Gasteiger partial charge in [0.2, 0.25) is 11.8 Å². The fraction of sp³-hybridized carbons (Fsp3) is 0.571. The van der Waals surface area contributed by atoms with Crippen LogP contribution in [0.3, 0.4) is 0 Å². The molecular weight excluding hydrogens is 358 g/mol. The molecule has 0 unspecified atom stereocenters. The number of carbonyl (C=O) groups is 3. The third-order valence-corrected chi connectivity index (χ3v) is 6.18. The SMILES string of the molecule is CC(C)(CN1CCOCC1)NC(=O)[C@@H]1[C@H]2C(=O)Nc3ccccc3C(=O)[C@@]21C. The zero-order valence-electron chi connectivity index (χ0n) is 16.6. The van der Waals surface area contributed by atoms with Gasteiger partial charge in [-0.1, -0.05) is 19.1 Å². The fourth-order valence-electron chi connectivity index (χ4n) is 4.70. The maximum atomic E-state index is 13.1. The Morgan fingerprint density at radius 3 is 2.68 bits per heavy atom. The summed E-state index contributed by atoms with van der Waals surface area (Å²) in [6.07, 6.45) is 0. The predicted octanol–water partition coefficient (Wildman–Crippen LogP) is 1.30. The molecule has 2 heterocycles. The standard InChI is InChI=1S/C21H27N3O4/c1-20(2,12-24-8-10-28-11-9-24)23-19(27)16-15-18(26)22-14-7-5-4-6-13(14)17(25)21(15,16)3/h4-7,15-16H,8-12H2,1-3H3,(H,22,26)(H,23,27)/t15-,16-,21-/m0/s1. The van der Waals surface area contributed by atoms with Crippen molar-refractivity contribution in [3.05, 3.63) is 29.8 Å². The van der Waals surface area contributed by atoms with E-state index in [0.717, 1.165) is 13.1 Å². The molecule has 150 valence electrons. The Hall–Kier alpha value is -2.25. The van der Waals surface area contributed by atoms with Crippen LogP contribution in [0, 0.1) is 17.3 Å². The van der Waals surface area contributed by atoms with E-state index in [1.54, 1.807) is 31.2 Å². The van der Waals surface area contributed by atoms with Crippen LogP contribution in [0.4, 0.5) is 5.69 Å². The van der Waals surface area contributed by atoms with Gasteiger partial charge in [0.1, 0.15) is 0 Å². The van der Waals surface area contributed by atoms with Gasteiger partial charge in [0, 0.05) is 30.7 Å². The number of rotatable bonds is 4. The largest absolute Gasteiger partial charge is 0.379 e. The van der Waals surface area contributed by atoms with Gasteiger partial charge in [0.15, 0.2) is 5.78 Å². The van der Waals surface area contributed by atoms with Crippen LogP contribution in [-0.4, -0.2) is 60.9 Å². The molecule has 7 nitrogen and oxygen atoms in total. The van der Waals surface area contributed by atoms with Crippen molar-refractivity contribution in [3.63, 3.8) is 0 Å². The Morgan fingerprint density at radius 1 is 1.29 bits per heavy atom. The number of carbonyl (C=O) groups excluding carboxylic acids is 3. The van der Waals surface area contributed by atoms with Crippen molar-refractivity contribution >= 4 is 23.3 Å². The van der Waals surface area contributed by atoms with Gasteiger partial charge >= 0.3 is 0 Å². The van der Waals surface area contributed by atoms with Gasteiger partial charge < -0.3 is 15.4 Å². The van der Waals surface area contributed by atoms with E-state index in [4.69, 9.17) is 4.74 Å². The summed E-state index contributed by atoms with van der Waals surface area (Å²) in [5.41, 5.74) is -0.457. The first-order valence-electron chi connectivity index (χ1n) is 9.81. The van der Waals surface area contributed by atoms with E-state index in [2.05, 4.69) is 15.5 Å². The molecule has 0 aromatic heterocycles. The molecule has 3 atom stereocenters. The number of fused-ring (bicyclic) bond motifs is 2. The molecule has 0 radical (unpaired) electrons. The monoisotopic (exact) mass is 385 g/mol. The molecule has 0 spiro atoms. The van der Waals surface area contributed by atoms with E-state index in [1.165, 1.54) is 0 Å². The summed E-state index contributed by atoms with van der Waals surface area (Å²) in [5, 5.41) is 5.90. The molecule has 4 rings (SSSR count). The number of benzene rings is 1. The van der Waals surface area contributed by atoms with E-state index in [-0.39, 0.29) is 17.6 Å². The summed E-state index contributed by atoms with van der Waals surface area (Å²) in [6, 6.07) is 6.99. The highest BCUT2D eigenvalue weighted by Crippen LogP contribution is 2.62. The number of ether oxygens (including phenoxy) is 1. The van der Waals surface area contributed by atoms with Crippen molar-refractivity contribution in [2.45, 2.75) is 26.3 Å². The lowest BCUT2D eigenvalue weighted by molar-refractivity contribution is -0.127. The molecule has 28 heavy (non-hydrogen) atoms. The fourth-order valence-corrected chi connectivity index (χ4v) is 4.70. The predicted molar refractivity (Wildman–Crippen MR) is 104 cm³/mol. The van der Waals surface area contributed by atoms with Crippen LogP contribution in [-0.2, 0) is 14.3 Å². The van der Waals surface area contributed by atoms with Crippen LogP contribution in [0.2, 0.25) is 0 Å². The number of Topliss-reactive ketones (excluding diaryl/α,β-unsaturated/α-hetero) is 1. The molecule has 1 aromatic rings. The van der Waals surface area contributed by atoms with Crippen molar-refractivity contribution < 1.29 is 19.1 Å². The minimum absolute atomic E-state index is 0.141. The summed E-state index contributed by atoms with van der Waals surface area (Å²) >= 11 is 0. The average molecular weight is 385 g/mol. The topological polar surface area (TPSA) is 87.7 Å². The minimum Gasteiger partial charge on any atom is -0.379 e. The Labute approximate surface area is 164 Å². The third-order valence-electron chi connectivity index (χ3n) is 6.18. The molecule has 3 aliphatic rings. The Bertz CT molecular complexity index is 831. The molecule has 0 bridgehead atoms. The molecule has 1 saturated heterocycles. The van der Waals surface area contributed by atoms with E-state index in [0.29, 0.717) is 31.0 Å². The molecular formula is C21H27N3O4. The van der Waals surface area contributed by atoms with Crippen molar-refractivity contribution in [2.24, 2.45) is 17.3 Å². The highest BCUT2D eigenvalue weighted by molar-refractivity contribution is 6.19. The molecule has 7 heteroatoms. The average Bonchev–Trinajstić information content (AvgIpc) is 3.30. The first-order valence-corrected chi connectivity index (χ1v) is 9.81. The Balaban J connectivity index is 1.50. The maximum absolute atomic E-state index is 13.1. The van der Waals surface area contributed by atoms with Crippen LogP contribution >= 0.6 is 0 Å². The molecule has 2 amide bonds. The molecule has 1 aromatic carbocycles. The normalized spacial score (nSPS) is 30.0. The van der Waals surface area contributed by atoms with E-state index >= 15 is 0 Å². The van der Waals surface area contributed by atoms with Crippen molar-refractivity contribution in [1.82, 2.24) is 10.2 Å². The third kappa shape index (κ3) is 3.12. The molecule has 1 aliphatic carbocycles. The van der Waals surface area contributed by atoms with Gasteiger partial charge in [0.05, 0.1) is 36.2 Å². The number of ketones is 1. The van der Waals surface area contributed by atoms with Gasteiger partial charge in [0.25, 0.3) is 0 Å². The number of anilines is 1. The second kappa shape index (κ2) is 6.67. The van der Waals surface area contributed by atoms with Crippen LogP contribution in [0.15, 0.2) is 24.3 Å². The minimum atomic E-state index is -0.990. The van der Waals surface area contributed by atoms with E-state index in [9.17, 15) is 14.4 Å². The van der Waals surface area contributed by atoms with Gasteiger partial charge in [-0.3, -0.25) is 19.3 Å². The lowest BCUT2D eigenvalue weighted by atomic mass is 9.92. The van der Waals surface area contributed by atoms with Crippen LogP contribution in [0.1, 0.15) is 31.1 Å². The number of morpholine rings is 1. The second-order valence-electron chi connectivity index (χ2n) is 8.86. The highest BCUT2D eigenvalue weighted by atomic mass is 16.5. The van der Waals surface area contributed by atoms with E-state index in [1.807, 2.05) is 13.8 Å². The lowest BCUT2D eigenvalue weighted by Crippen LogP contribution is -2.54. The Morgan fingerprint density at radius 2 is 1.96 bits per heavy atom. The number of hydrogen-bond donors (Lipinski definition) is 2. The van der Waals surface area contributed by atoms with Gasteiger partial charge in [-0.2, -0.15) is 0 Å². The molecule has 2 N–H and O–H groups in total.